The van der Waals surface area contributed by atoms with E-state index in [1.54, 1.807) is 19.9 Å². The molecule has 0 saturated carbocycles. The lowest BCUT2D eigenvalue weighted by Gasteiger charge is -2.19. The van der Waals surface area contributed by atoms with Gasteiger partial charge in [0.1, 0.15) is 6.04 Å². The Morgan fingerprint density at radius 2 is 1.23 bits per heavy atom. The summed E-state index contributed by atoms with van der Waals surface area (Å²) in [7, 11) is 0. The van der Waals surface area contributed by atoms with E-state index in [4.69, 9.17) is 20.8 Å². The monoisotopic (exact) mass is 811 g/mol. The summed E-state index contributed by atoms with van der Waals surface area (Å²) in [6.07, 6.45) is -1.04. The molecule has 60 heavy (non-hydrogen) atoms. The number of rotatable bonds is 15. The van der Waals surface area contributed by atoms with Crippen molar-refractivity contribution in [2.45, 2.75) is 32.4 Å². The van der Waals surface area contributed by atoms with E-state index < -0.39 is 65.7 Å². The van der Waals surface area contributed by atoms with Crippen LogP contribution in [0, 0.1) is 11.3 Å². The molecule has 0 aliphatic heterocycles. The first-order valence-electron chi connectivity index (χ1n) is 18.0. The van der Waals surface area contributed by atoms with Crippen LogP contribution in [0.25, 0.3) is 0 Å². The maximum Gasteiger partial charge on any atom is 0.335 e. The van der Waals surface area contributed by atoms with Crippen molar-refractivity contribution in [3.63, 3.8) is 0 Å². The zero-order valence-electron chi connectivity index (χ0n) is 31.9. The number of nitrogens with zero attached hydrogens (tertiary/aromatic N) is 1. The van der Waals surface area contributed by atoms with Crippen LogP contribution >= 0.6 is 0 Å². The number of phenolic OH excluding ortho intramolecular Hbond substituents is 1. The first-order valence-corrected chi connectivity index (χ1v) is 18.0. The third-order valence-electron chi connectivity index (χ3n) is 8.47. The molecule has 5 aromatic carbocycles. The molecule has 0 aliphatic rings. The number of anilines is 4. The zero-order chi connectivity index (χ0) is 43.5. The van der Waals surface area contributed by atoms with Crippen LogP contribution in [0.1, 0.15) is 77.6 Å². The Labute approximate surface area is 342 Å². The van der Waals surface area contributed by atoms with Crippen LogP contribution in [0.5, 0.6) is 11.5 Å². The van der Waals surface area contributed by atoms with Crippen LogP contribution in [0.2, 0.25) is 0 Å². The Morgan fingerprint density at radius 1 is 0.667 bits per heavy atom. The molecule has 17 nitrogen and oxygen atoms in total. The fourth-order valence-electron chi connectivity index (χ4n) is 5.52. The second-order valence-electron chi connectivity index (χ2n) is 13.3. The van der Waals surface area contributed by atoms with Gasteiger partial charge in [0.15, 0.2) is 11.5 Å². The minimum Gasteiger partial charge on any atom is -0.504 e. The van der Waals surface area contributed by atoms with E-state index in [9.17, 15) is 38.7 Å². The van der Waals surface area contributed by atoms with E-state index in [0.29, 0.717) is 5.56 Å². The molecule has 1 atom stereocenters. The van der Waals surface area contributed by atoms with Crippen molar-refractivity contribution < 1.29 is 48.5 Å². The number of carbonyl (C=O) groups is 7. The van der Waals surface area contributed by atoms with E-state index in [1.165, 1.54) is 103 Å². The molecule has 0 unspecified atom stereocenters. The molecule has 0 aliphatic carbocycles. The van der Waals surface area contributed by atoms with Crippen LogP contribution in [-0.4, -0.2) is 63.8 Å². The number of phenols is 1. The van der Waals surface area contributed by atoms with Gasteiger partial charge in [-0.05, 0) is 117 Å². The molecule has 0 saturated heterocycles. The number of ether oxygens (including phenoxy) is 1. The third-order valence-corrected chi connectivity index (χ3v) is 8.47. The van der Waals surface area contributed by atoms with Crippen molar-refractivity contribution in [3.05, 3.63) is 143 Å². The molecular formula is C43H37N7O10. The highest BCUT2D eigenvalue weighted by molar-refractivity contribution is 6.10. The summed E-state index contributed by atoms with van der Waals surface area (Å²) >= 11 is 0. The summed E-state index contributed by atoms with van der Waals surface area (Å²) < 4.78 is 5.76. The summed E-state index contributed by atoms with van der Waals surface area (Å²) in [5.74, 6) is -6.16. The van der Waals surface area contributed by atoms with E-state index in [-0.39, 0.29) is 56.3 Å². The Bertz CT molecular complexity index is 2510. The van der Waals surface area contributed by atoms with Gasteiger partial charge in [0, 0.05) is 33.8 Å². The molecule has 5 rings (SSSR count). The minimum absolute atomic E-state index is 0.0188. The Kier molecular flexibility index (Phi) is 13.6. The van der Waals surface area contributed by atoms with Gasteiger partial charge in [0.2, 0.25) is 11.8 Å². The number of hydrogen-bond acceptors (Lipinski definition) is 10. The minimum atomic E-state index is -1.41. The molecule has 9 N–H and O–H groups in total. The highest BCUT2D eigenvalue weighted by atomic mass is 16.5. The second-order valence-corrected chi connectivity index (χ2v) is 13.3. The number of primary amides is 1. The Hall–Kier alpha value is -8.52. The molecular weight excluding hydrogens is 775 g/mol. The summed E-state index contributed by atoms with van der Waals surface area (Å²) in [5.41, 5.74) is 6.82. The van der Waals surface area contributed by atoms with Gasteiger partial charge in [-0.15, -0.1) is 0 Å². The van der Waals surface area contributed by atoms with Gasteiger partial charge in [0.05, 0.1) is 41.0 Å². The van der Waals surface area contributed by atoms with Crippen LogP contribution in [0.3, 0.4) is 0 Å². The number of carboxylic acids is 1. The van der Waals surface area contributed by atoms with Gasteiger partial charge in [0.25, 0.3) is 23.6 Å². The lowest BCUT2D eigenvalue weighted by Crippen LogP contribution is -2.46. The predicted octanol–water partition coefficient (Wildman–Crippen LogP) is 5.12. The SMILES string of the molecule is CC(C)Oc1c(NC(=O)c2ccc(NC(=O)[C@H](CC(N)=O)NC(=O)c3cccc(NC(=O)c4ccc(C#N)cc4)c3)cc2)ccc(C(=O)Nc2ccc(C(=O)O)cc2)c1O. The van der Waals surface area contributed by atoms with Crippen molar-refractivity contribution in [2.24, 2.45) is 5.73 Å². The lowest BCUT2D eigenvalue weighted by molar-refractivity contribution is -0.123. The van der Waals surface area contributed by atoms with Crippen LogP contribution < -0.4 is 37.1 Å². The van der Waals surface area contributed by atoms with Crippen molar-refractivity contribution >= 4 is 64.2 Å². The molecule has 0 radical (unpaired) electrons. The van der Waals surface area contributed by atoms with Crippen molar-refractivity contribution in [1.82, 2.24) is 5.32 Å². The second kappa shape index (κ2) is 19.1. The maximum absolute atomic E-state index is 13.3. The van der Waals surface area contributed by atoms with Gasteiger partial charge in [-0.3, -0.25) is 28.8 Å². The van der Waals surface area contributed by atoms with E-state index in [2.05, 4.69) is 26.6 Å². The van der Waals surface area contributed by atoms with Gasteiger partial charge in [-0.1, -0.05) is 6.07 Å². The number of aromatic carboxylic acids is 1. The highest BCUT2D eigenvalue weighted by Gasteiger charge is 2.25. The lowest BCUT2D eigenvalue weighted by atomic mass is 10.1. The molecule has 0 aromatic heterocycles. The van der Waals surface area contributed by atoms with Gasteiger partial charge in [-0.2, -0.15) is 5.26 Å². The number of nitrogens with one attached hydrogen (secondary N) is 5. The molecule has 5 aromatic rings. The predicted molar refractivity (Wildman–Crippen MR) is 219 cm³/mol. The fourth-order valence-corrected chi connectivity index (χ4v) is 5.52. The quantitative estimate of drug-likeness (QED) is 0.0687. The van der Waals surface area contributed by atoms with Crippen LogP contribution in [0.15, 0.2) is 109 Å². The van der Waals surface area contributed by atoms with Gasteiger partial charge < -0.3 is 47.3 Å². The van der Waals surface area contributed by atoms with E-state index in [1.807, 2.05) is 6.07 Å². The topological polar surface area (TPSA) is 279 Å². The number of carboxylic acid groups (broad SMARTS) is 1. The van der Waals surface area contributed by atoms with Gasteiger partial charge >= 0.3 is 5.97 Å². The molecule has 0 bridgehead atoms. The summed E-state index contributed by atoms with van der Waals surface area (Å²) in [6.45, 7) is 3.35. The van der Waals surface area contributed by atoms with Crippen LogP contribution in [0.4, 0.5) is 22.7 Å². The highest BCUT2D eigenvalue weighted by Crippen LogP contribution is 2.39. The molecule has 17 heteroatoms. The third kappa shape index (κ3) is 11.1. The summed E-state index contributed by atoms with van der Waals surface area (Å²) in [4.78, 5) is 88.6. The normalized spacial score (nSPS) is 11.0. The van der Waals surface area contributed by atoms with E-state index >= 15 is 0 Å². The Balaban J connectivity index is 1.23. The number of amides is 6. The van der Waals surface area contributed by atoms with E-state index in [0.717, 1.165) is 0 Å². The fraction of sp³-hybridized carbons (Fsp3) is 0.116. The molecule has 0 heterocycles. The van der Waals surface area contributed by atoms with Crippen molar-refractivity contribution in [1.29, 1.82) is 5.26 Å². The maximum atomic E-state index is 13.3. The number of hydrogen-bond donors (Lipinski definition) is 8. The molecule has 0 spiro atoms. The van der Waals surface area contributed by atoms with Crippen molar-refractivity contribution in [3.8, 4) is 17.6 Å². The van der Waals surface area contributed by atoms with Crippen LogP contribution in [-0.2, 0) is 9.59 Å². The van der Waals surface area contributed by atoms with Crippen molar-refractivity contribution in [2.75, 3.05) is 21.3 Å². The Morgan fingerprint density at radius 3 is 1.82 bits per heavy atom. The first-order chi connectivity index (χ1) is 28.6. The summed E-state index contributed by atoms with van der Waals surface area (Å²) in [5, 5.41) is 42.1. The molecule has 304 valence electrons. The smallest absolute Gasteiger partial charge is 0.335 e. The number of carbonyl (C=O) groups excluding carboxylic acids is 6. The molecule has 0 fully saturated rings. The standard InChI is InChI=1S/C43H37N7O10/c1-23(2)60-37-33(19-18-32(36(37)52)41(56)46-29-16-12-27(13-17-29)43(58)59)49-39(54)26-10-14-30(15-11-26)47-42(57)34(21-35(45)51)50-40(55)28-4-3-5-31(20-28)48-38(53)25-8-6-24(22-44)7-9-25/h3-20,23,34,52H,21H2,1-2H3,(H2,45,51)(H,46,56)(H,47,57)(H,48,53)(H,49,54)(H,50,55)(H,58,59)/t34-/m0/s1. The number of benzene rings is 5. The summed E-state index contributed by atoms with van der Waals surface area (Å²) in [6, 6.07) is 25.9. The average molecular weight is 812 g/mol. The number of nitriles is 1. The number of nitrogens with two attached hydrogens (primary N) is 1. The first kappa shape index (κ1) is 42.6. The van der Waals surface area contributed by atoms with Gasteiger partial charge in [-0.25, -0.2) is 4.79 Å². The number of aromatic hydroxyl groups is 1. The zero-order valence-corrected chi connectivity index (χ0v) is 31.9. The molecule has 6 amide bonds. The largest absolute Gasteiger partial charge is 0.504 e. The average Bonchev–Trinajstić information content (AvgIpc) is 3.22.